The molecule has 0 fully saturated rings. The van der Waals surface area contributed by atoms with Gasteiger partial charge in [-0.15, -0.1) is 0 Å². The van der Waals surface area contributed by atoms with Crippen molar-refractivity contribution in [2.75, 3.05) is 0 Å². The largest absolute Gasteiger partial charge is 0.494 e. The van der Waals surface area contributed by atoms with Crippen LogP contribution in [0.25, 0.3) is 0 Å². The first-order chi connectivity index (χ1) is 11.8. The standard InChI is InChI=1S/C17H16N4O4/c1-4-20-16(22)13(8-18)11(3)14(17(20)23)9-19-15-7-12(21(24)25)6-5-10(15)2/h5-7,9,23H,4H2,1-3H3. The van der Waals surface area contributed by atoms with Gasteiger partial charge in [0.1, 0.15) is 11.6 Å². The monoisotopic (exact) mass is 340 g/mol. The topological polar surface area (TPSA) is 122 Å². The van der Waals surface area contributed by atoms with Gasteiger partial charge in [-0.1, -0.05) is 6.07 Å². The van der Waals surface area contributed by atoms with Crippen LogP contribution in [-0.4, -0.2) is 20.8 Å². The molecule has 0 aliphatic carbocycles. The van der Waals surface area contributed by atoms with E-state index in [1.54, 1.807) is 26.8 Å². The molecule has 0 unspecified atom stereocenters. The lowest BCUT2D eigenvalue weighted by molar-refractivity contribution is -0.384. The lowest BCUT2D eigenvalue weighted by Crippen LogP contribution is -2.24. The first-order valence-corrected chi connectivity index (χ1v) is 7.47. The first-order valence-electron chi connectivity index (χ1n) is 7.47. The molecule has 0 radical (unpaired) electrons. The Balaban J connectivity index is 2.64. The fourth-order valence-electron chi connectivity index (χ4n) is 2.40. The number of benzene rings is 1. The third kappa shape index (κ3) is 3.26. The zero-order chi connectivity index (χ0) is 18.7. The number of nitrogens with zero attached hydrogens (tertiary/aromatic N) is 4. The van der Waals surface area contributed by atoms with E-state index in [1.807, 2.05) is 6.07 Å². The van der Waals surface area contributed by atoms with E-state index in [4.69, 9.17) is 0 Å². The maximum atomic E-state index is 12.1. The molecule has 0 saturated carbocycles. The van der Waals surface area contributed by atoms with E-state index in [2.05, 4.69) is 4.99 Å². The third-order valence-corrected chi connectivity index (χ3v) is 3.90. The fraction of sp³-hybridized carbons (Fsp3) is 0.235. The van der Waals surface area contributed by atoms with Crippen molar-refractivity contribution in [3.05, 3.63) is 60.9 Å². The lowest BCUT2D eigenvalue weighted by Gasteiger charge is -2.12. The van der Waals surface area contributed by atoms with Gasteiger partial charge in [0.15, 0.2) is 0 Å². The zero-order valence-corrected chi connectivity index (χ0v) is 14.0. The lowest BCUT2D eigenvalue weighted by atomic mass is 10.1. The molecule has 8 heteroatoms. The molecular formula is C17H16N4O4. The Morgan fingerprint density at radius 3 is 2.68 bits per heavy atom. The molecule has 0 aliphatic heterocycles. The Morgan fingerprint density at radius 1 is 1.44 bits per heavy atom. The number of aromatic hydroxyl groups is 1. The Labute approximate surface area is 143 Å². The summed E-state index contributed by atoms with van der Waals surface area (Å²) in [5.74, 6) is -0.296. The molecule has 2 rings (SSSR count). The van der Waals surface area contributed by atoms with Gasteiger partial charge in [0.05, 0.1) is 16.2 Å². The number of non-ortho nitro benzene ring substituents is 1. The Kier molecular flexibility index (Phi) is 4.98. The molecule has 0 amide bonds. The van der Waals surface area contributed by atoms with Crippen molar-refractivity contribution in [1.29, 1.82) is 5.26 Å². The molecule has 8 nitrogen and oxygen atoms in total. The van der Waals surface area contributed by atoms with Gasteiger partial charge in [-0.2, -0.15) is 5.26 Å². The SMILES string of the molecule is CCn1c(O)c(C=Nc2cc([N+](=O)[O-])ccc2C)c(C)c(C#N)c1=O. The molecule has 0 atom stereocenters. The smallest absolute Gasteiger partial charge is 0.271 e. The summed E-state index contributed by atoms with van der Waals surface area (Å²) in [6, 6.07) is 6.11. The molecule has 1 aromatic heterocycles. The second kappa shape index (κ2) is 6.97. The van der Waals surface area contributed by atoms with Gasteiger partial charge in [0, 0.05) is 24.9 Å². The van der Waals surface area contributed by atoms with E-state index in [0.29, 0.717) is 16.8 Å². The van der Waals surface area contributed by atoms with Crippen molar-refractivity contribution in [3.8, 4) is 11.9 Å². The highest BCUT2D eigenvalue weighted by molar-refractivity contribution is 5.87. The van der Waals surface area contributed by atoms with E-state index >= 15 is 0 Å². The number of nitro groups is 1. The third-order valence-electron chi connectivity index (χ3n) is 3.90. The van der Waals surface area contributed by atoms with E-state index in [9.17, 15) is 25.3 Å². The Hall–Kier alpha value is -3.47. The summed E-state index contributed by atoms with van der Waals surface area (Å²) in [6.45, 7) is 5.15. The van der Waals surface area contributed by atoms with Crippen molar-refractivity contribution in [2.45, 2.75) is 27.3 Å². The maximum absolute atomic E-state index is 12.1. The number of rotatable bonds is 4. The number of hydrogen-bond acceptors (Lipinski definition) is 6. The molecule has 1 aromatic carbocycles. The van der Waals surface area contributed by atoms with Crippen LogP contribution in [0.2, 0.25) is 0 Å². The van der Waals surface area contributed by atoms with E-state index in [1.165, 1.54) is 18.3 Å². The fourth-order valence-corrected chi connectivity index (χ4v) is 2.40. The highest BCUT2D eigenvalue weighted by Crippen LogP contribution is 2.26. The molecule has 1 heterocycles. The average Bonchev–Trinajstić information content (AvgIpc) is 2.56. The Morgan fingerprint density at radius 2 is 2.12 bits per heavy atom. The van der Waals surface area contributed by atoms with Gasteiger partial charge in [-0.25, -0.2) is 0 Å². The van der Waals surface area contributed by atoms with Crippen LogP contribution in [0.15, 0.2) is 28.0 Å². The second-order valence-electron chi connectivity index (χ2n) is 5.38. The molecule has 25 heavy (non-hydrogen) atoms. The number of aryl methyl sites for hydroxylation is 1. The summed E-state index contributed by atoms with van der Waals surface area (Å²) < 4.78 is 1.08. The molecule has 0 spiro atoms. The number of hydrogen-bond donors (Lipinski definition) is 1. The van der Waals surface area contributed by atoms with Gasteiger partial charge in [0.2, 0.25) is 5.88 Å². The van der Waals surface area contributed by atoms with Gasteiger partial charge in [0.25, 0.3) is 11.2 Å². The molecule has 0 aliphatic rings. The number of aromatic nitrogens is 1. The average molecular weight is 340 g/mol. The van der Waals surface area contributed by atoms with E-state index in [-0.39, 0.29) is 29.2 Å². The van der Waals surface area contributed by atoms with Gasteiger partial charge in [-0.05, 0) is 31.9 Å². The van der Waals surface area contributed by atoms with E-state index in [0.717, 1.165) is 4.57 Å². The van der Waals surface area contributed by atoms with Crippen molar-refractivity contribution < 1.29 is 10.0 Å². The van der Waals surface area contributed by atoms with Crippen LogP contribution in [0, 0.1) is 35.3 Å². The number of pyridine rings is 1. The molecular weight excluding hydrogens is 324 g/mol. The second-order valence-corrected chi connectivity index (χ2v) is 5.38. The van der Waals surface area contributed by atoms with Gasteiger partial charge >= 0.3 is 0 Å². The van der Waals surface area contributed by atoms with Crippen molar-refractivity contribution >= 4 is 17.6 Å². The molecule has 128 valence electrons. The predicted molar refractivity (Wildman–Crippen MR) is 92.6 cm³/mol. The minimum absolute atomic E-state index is 0.0723. The normalized spacial score (nSPS) is 10.8. The highest BCUT2D eigenvalue weighted by Gasteiger charge is 2.17. The summed E-state index contributed by atoms with van der Waals surface area (Å²) in [7, 11) is 0. The summed E-state index contributed by atoms with van der Waals surface area (Å²) in [5.41, 5.74) is 0.866. The minimum atomic E-state index is -0.566. The molecule has 0 saturated heterocycles. The summed E-state index contributed by atoms with van der Waals surface area (Å²) in [4.78, 5) is 26.7. The molecule has 2 aromatic rings. The summed E-state index contributed by atoms with van der Waals surface area (Å²) in [5, 5.41) is 30.4. The molecule has 1 N–H and O–H groups in total. The van der Waals surface area contributed by atoms with Crippen LogP contribution < -0.4 is 5.56 Å². The van der Waals surface area contributed by atoms with E-state index < -0.39 is 10.5 Å². The van der Waals surface area contributed by atoms with Crippen molar-refractivity contribution in [2.24, 2.45) is 4.99 Å². The summed E-state index contributed by atoms with van der Waals surface area (Å²) in [6.07, 6.45) is 1.31. The van der Waals surface area contributed by atoms with Crippen molar-refractivity contribution in [1.82, 2.24) is 4.57 Å². The number of nitriles is 1. The summed E-state index contributed by atoms with van der Waals surface area (Å²) >= 11 is 0. The highest BCUT2D eigenvalue weighted by atomic mass is 16.6. The Bertz CT molecular complexity index is 984. The van der Waals surface area contributed by atoms with Crippen molar-refractivity contribution in [3.63, 3.8) is 0 Å². The van der Waals surface area contributed by atoms with Crippen LogP contribution >= 0.6 is 0 Å². The number of aliphatic imine (C=N–C) groups is 1. The van der Waals surface area contributed by atoms with Gasteiger partial charge in [-0.3, -0.25) is 24.5 Å². The molecule has 0 bridgehead atoms. The zero-order valence-electron chi connectivity index (χ0n) is 14.0. The first kappa shape index (κ1) is 17.9. The van der Waals surface area contributed by atoms with Gasteiger partial charge < -0.3 is 5.11 Å². The van der Waals surface area contributed by atoms with Crippen LogP contribution in [0.1, 0.15) is 29.2 Å². The van der Waals surface area contributed by atoms with Crippen LogP contribution in [0.4, 0.5) is 11.4 Å². The minimum Gasteiger partial charge on any atom is -0.494 e. The number of nitro benzene ring substituents is 1. The van der Waals surface area contributed by atoms with Crippen LogP contribution in [0.5, 0.6) is 5.88 Å². The maximum Gasteiger partial charge on any atom is 0.271 e. The predicted octanol–water partition coefficient (Wildman–Crippen LogP) is 2.72. The van der Waals surface area contributed by atoms with Crippen LogP contribution in [0.3, 0.4) is 0 Å². The van der Waals surface area contributed by atoms with Crippen LogP contribution in [-0.2, 0) is 6.54 Å². The quantitative estimate of drug-likeness (QED) is 0.521.